The fraction of sp³-hybridized carbons (Fsp3) is 0.305. The van der Waals surface area contributed by atoms with E-state index >= 15 is 0 Å². The number of ketones is 2. The lowest BCUT2D eigenvalue weighted by atomic mass is 9.79. The predicted molar refractivity (Wildman–Crippen MR) is 530 cm³/mol. The number of carbonyl (C=O) groups is 4. The number of thiophene rings is 1. The molecule has 4 aromatic heterocycles. The number of fused-ring (bicyclic) bond motifs is 5. The average molecular weight is 2030 g/mol. The molecule has 0 fully saturated rings. The van der Waals surface area contributed by atoms with Gasteiger partial charge in [0.05, 0.1) is 64.5 Å². The van der Waals surface area contributed by atoms with Crippen molar-refractivity contribution < 1.29 is 127 Å². The number of aliphatic hydroxyl groups excluding tert-OH is 1. The Kier molecular flexibility index (Phi) is 33.1. The number of benzene rings is 9. The Balaban J connectivity index is 0.000000144. The summed E-state index contributed by atoms with van der Waals surface area (Å²) < 4.78 is 139. The molecule has 143 heavy (non-hydrogen) atoms. The molecule has 3 aliphatic heterocycles. The number of carbonyl (C=O) groups excluding carboxylic acids is 2. The first-order valence-corrected chi connectivity index (χ1v) is 49.6. The third-order valence-corrected chi connectivity index (χ3v) is 27.2. The van der Waals surface area contributed by atoms with Crippen molar-refractivity contribution in [3.05, 3.63) is 277 Å². The molecule has 0 saturated heterocycles. The normalized spacial score (nSPS) is 16.0. The van der Waals surface area contributed by atoms with Crippen molar-refractivity contribution in [2.75, 3.05) is 90.8 Å². The Labute approximate surface area is 836 Å². The molecule has 7 atom stereocenters. The Morgan fingerprint density at radius 1 is 0.538 bits per heavy atom. The van der Waals surface area contributed by atoms with Crippen molar-refractivity contribution in [3.63, 3.8) is 0 Å². The summed E-state index contributed by atoms with van der Waals surface area (Å²) in [5.74, 6) is 2.70. The van der Waals surface area contributed by atoms with Crippen molar-refractivity contribution in [2.24, 2.45) is 11.8 Å². The molecule has 38 heteroatoms. The minimum absolute atomic E-state index is 0.00679. The number of aliphatic hydroxyl groups is 1. The van der Waals surface area contributed by atoms with Gasteiger partial charge in [0, 0.05) is 65.7 Å². The monoisotopic (exact) mass is 2030 g/mol. The van der Waals surface area contributed by atoms with Gasteiger partial charge in [0.15, 0.2) is 69.2 Å². The number of halogens is 1. The maximum absolute atomic E-state index is 13.1. The number of aliphatic carboxylic acids is 2. The maximum Gasteiger partial charge on any atom is 0.317 e. The van der Waals surface area contributed by atoms with Gasteiger partial charge in [0.2, 0.25) is 32.0 Å². The Hall–Kier alpha value is -14.9. The van der Waals surface area contributed by atoms with Crippen LogP contribution in [0.25, 0.3) is 11.6 Å². The summed E-state index contributed by atoms with van der Waals surface area (Å²) in [6.45, 7) is 18.9. The number of sulfonamides is 1. The van der Waals surface area contributed by atoms with Crippen molar-refractivity contribution in [2.45, 2.75) is 122 Å². The fourth-order valence-electron chi connectivity index (χ4n) is 16.9. The van der Waals surface area contributed by atoms with E-state index in [0.717, 1.165) is 92.0 Å². The van der Waals surface area contributed by atoms with Gasteiger partial charge in [-0.2, -0.15) is 9.19 Å². The zero-order chi connectivity index (χ0) is 101. The number of aryl methyl sites for hydroxylation is 2. The molecule has 0 spiro atoms. The molecule has 9 aromatic carbocycles. The summed E-state index contributed by atoms with van der Waals surface area (Å²) in [6.07, 6.45) is 5.65. The van der Waals surface area contributed by atoms with Crippen molar-refractivity contribution in [1.29, 1.82) is 0 Å². The van der Waals surface area contributed by atoms with E-state index in [2.05, 4.69) is 62.2 Å². The number of methoxy groups -OCH3 is 3. The highest BCUT2D eigenvalue weighted by Crippen LogP contribution is 2.59. The summed E-state index contributed by atoms with van der Waals surface area (Å²) in [5.41, 5.74) is 9.78. The van der Waals surface area contributed by atoms with Crippen LogP contribution in [-0.2, 0) is 47.5 Å². The van der Waals surface area contributed by atoms with Gasteiger partial charge in [0.1, 0.15) is 69.1 Å². The van der Waals surface area contributed by atoms with Crippen LogP contribution in [0.2, 0.25) is 5.02 Å². The van der Waals surface area contributed by atoms with Gasteiger partial charge in [-0.05, 0) is 210 Å². The van der Waals surface area contributed by atoms with Gasteiger partial charge in [-0.25, -0.2) is 28.1 Å². The number of aromatic nitrogens is 5. The molecular weight excluding hydrogens is 1920 g/mol. The molecule has 7 heterocycles. The third kappa shape index (κ3) is 23.8. The van der Waals surface area contributed by atoms with E-state index in [1.54, 1.807) is 93.3 Å². The van der Waals surface area contributed by atoms with E-state index in [1.165, 1.54) is 32.5 Å². The smallest absolute Gasteiger partial charge is 0.317 e. The number of carboxylic acids is 2. The van der Waals surface area contributed by atoms with E-state index in [-0.39, 0.29) is 113 Å². The van der Waals surface area contributed by atoms with Crippen LogP contribution in [0.5, 0.6) is 97.9 Å². The summed E-state index contributed by atoms with van der Waals surface area (Å²) in [7, 11) is 0.566. The first-order valence-electron chi connectivity index (χ1n) is 45.7. The van der Waals surface area contributed by atoms with E-state index in [0.29, 0.717) is 112 Å². The molecule has 5 aliphatic rings. The van der Waals surface area contributed by atoms with Crippen LogP contribution in [0.15, 0.2) is 209 Å². The van der Waals surface area contributed by atoms with Gasteiger partial charge in [-0.1, -0.05) is 119 Å². The zero-order valence-corrected chi connectivity index (χ0v) is 83.4. The number of hydrogen-bond donors (Lipinski definition) is 5. The predicted octanol–water partition coefficient (Wildman–Crippen LogP) is 19.6. The topological polar surface area (TPSA) is 430 Å². The van der Waals surface area contributed by atoms with E-state index in [1.807, 2.05) is 130 Å². The summed E-state index contributed by atoms with van der Waals surface area (Å²) >= 11 is 4.93. The number of hydrogen-bond acceptors (Lipinski definition) is 31. The molecule has 1 unspecified atom stereocenters. The van der Waals surface area contributed by atoms with Crippen LogP contribution in [0.4, 0.5) is 11.7 Å². The standard InChI is InChI=1S/C30H30O8.C30H32O7.C27H29N5O6S.C18H15ClN2O6S2/c1-4-11-35-20-7-8-21-23(13-20)28(22-9-6-19(34-3)14-25(22)36-15-17(2)31)29(30(32)33)27(21)18-5-10-24-26(12-18)38-16-37-24;1-4-12-34-20-8-9-21-23(15-20)28(22-10-7-19(33-3)16-25(22)35-13-5-2)29(30(31)32)27(21)18-6-11-24-26(14-18)37-17-36-24;1-27(2,3)18-10-12-19(13-11-18)38-39(34)32-23-22(37-21-9-6-5-8-20(21)35-4)26(36-17-16-33)31-25(30-23)24-28-14-7-15-29-24;1-9-5-13-14(26-8-25-13)7-11(9)6-12(22)17-15(3-4-28-17)29(23,24)21-18-16(19)10(2)20-27-18/h5-10,12-14,27-29H,4,11,15-16H2,1-3H3,(H,32,33);6-11,14-16,27-29H,4-5,12-13,17H2,1-3H3,(H,31,32);5-15,33H,16-17H2,1-4H3,(H,30,31,32);3-5,7,21H,6,8H2,1-2H3/t2*27-,28+,29+;;/m11../s1. The largest absolute Gasteiger partial charge is 0.497 e. The number of nitrogens with zero attached hydrogens (tertiary/aromatic N) is 5. The van der Waals surface area contributed by atoms with E-state index in [9.17, 15) is 47.1 Å². The number of carboxylic acid groups (broad SMARTS) is 2. The summed E-state index contributed by atoms with van der Waals surface area (Å²) in [5, 5.41) is 35.9. The minimum atomic E-state index is -4.09. The quantitative estimate of drug-likeness (QED) is 0.0226. The lowest BCUT2D eigenvalue weighted by molar-refractivity contribution is -0.143. The van der Waals surface area contributed by atoms with Gasteiger partial charge in [-0.15, -0.1) is 11.3 Å². The molecule has 0 saturated carbocycles. The molecule has 748 valence electrons. The molecule has 13 aromatic rings. The number of para-hydroxylation sites is 2. The van der Waals surface area contributed by atoms with Crippen LogP contribution in [0, 0.1) is 25.7 Å². The van der Waals surface area contributed by atoms with Gasteiger partial charge < -0.3 is 95.1 Å². The highest BCUT2D eigenvalue weighted by atomic mass is 35.5. The number of nitrogens with one attached hydrogen (secondary N) is 2. The highest BCUT2D eigenvalue weighted by molar-refractivity contribution is 7.93. The molecular formula is C105H106ClN7O27S3. The van der Waals surface area contributed by atoms with Crippen LogP contribution < -0.4 is 84.7 Å². The van der Waals surface area contributed by atoms with E-state index in [4.69, 9.17) is 91.4 Å². The minimum Gasteiger partial charge on any atom is -0.497 e. The highest BCUT2D eigenvalue weighted by Gasteiger charge is 2.50. The van der Waals surface area contributed by atoms with Gasteiger partial charge in [-0.3, -0.25) is 23.9 Å². The molecule has 34 nitrogen and oxygen atoms in total. The number of rotatable bonds is 37. The molecule has 0 bridgehead atoms. The Morgan fingerprint density at radius 3 is 1.57 bits per heavy atom. The third-order valence-electron chi connectivity index (χ3n) is 23.6. The first-order chi connectivity index (χ1) is 69.0. The lowest BCUT2D eigenvalue weighted by Gasteiger charge is -2.25. The lowest BCUT2D eigenvalue weighted by Crippen LogP contribution is -2.24. The summed E-state index contributed by atoms with van der Waals surface area (Å²) in [6, 6.07) is 54.7. The summed E-state index contributed by atoms with van der Waals surface area (Å²) in [4.78, 5) is 67.9. The van der Waals surface area contributed by atoms with Crippen molar-refractivity contribution >= 4 is 79.4 Å². The second kappa shape index (κ2) is 46.2. The van der Waals surface area contributed by atoms with Gasteiger partial charge in [0.25, 0.3) is 21.8 Å². The molecule has 0 radical (unpaired) electrons. The first kappa shape index (κ1) is 102. The molecule has 0 amide bonds. The van der Waals surface area contributed by atoms with Gasteiger partial charge >= 0.3 is 23.2 Å². The average Bonchev–Trinajstić information content (AvgIpc) is 1.58. The van der Waals surface area contributed by atoms with E-state index < -0.39 is 68.7 Å². The second-order valence-corrected chi connectivity index (χ2v) is 38.1. The number of Topliss-reactive ketones (excluding diaryl/α,β-unsaturated/α-hetero) is 2. The van der Waals surface area contributed by atoms with Crippen LogP contribution in [-0.4, -0.2) is 158 Å². The van der Waals surface area contributed by atoms with Crippen LogP contribution in [0.1, 0.15) is 168 Å². The van der Waals surface area contributed by atoms with Crippen molar-refractivity contribution in [3.8, 4) is 110 Å². The molecule has 18 rings (SSSR count). The molecule has 5 N–H and O–H groups in total. The van der Waals surface area contributed by atoms with Crippen molar-refractivity contribution in [1.82, 2.24) is 25.1 Å². The number of ether oxygens (including phenoxy) is 15. The maximum atomic E-state index is 13.1. The molecule has 2 aliphatic carbocycles. The SMILES string of the molecule is CCCOc1ccc2c(c1)[C@H](c1ccc(OC)cc1OCC(C)=O)[C@@H](C(=O)O)[C@@H]2c1ccc2c(c1)OCO2.CCCOc1ccc2c(c1)[C@H](c1ccc(OC)cc1OCCC)[C@@H](C(=O)O)[C@@H]2c1ccc2c(c1)OCO2.COc1ccccc1Oc1c(NS(=O)Oc2ccc(C(C)(C)C)cc2)nc(-c2ncccn2)nc1OCCO.Cc1cc2c(cc1CC(=O)c1sccc1S(=O)(=O)Nc1onc(C)c1Cl)OCO2. The van der Waals surface area contributed by atoms with Crippen LogP contribution >= 0.6 is 22.9 Å². The Bertz CT molecular complexity index is 6920. The second-order valence-electron chi connectivity index (χ2n) is 34.3. The number of anilines is 2. The zero-order valence-electron chi connectivity index (χ0n) is 80.2. The van der Waals surface area contributed by atoms with Crippen LogP contribution in [0.3, 0.4) is 0 Å². The fourth-order valence-corrected chi connectivity index (χ4v) is 20.1. The Morgan fingerprint density at radius 2 is 1.06 bits per heavy atom.